The van der Waals surface area contributed by atoms with Gasteiger partial charge in [-0.3, -0.25) is 9.59 Å². The molecule has 0 atom stereocenters. The van der Waals surface area contributed by atoms with Crippen LogP contribution in [0.3, 0.4) is 0 Å². The molecule has 0 unspecified atom stereocenters. The van der Waals surface area contributed by atoms with Crippen molar-refractivity contribution in [2.75, 3.05) is 18.4 Å². The van der Waals surface area contributed by atoms with Crippen LogP contribution in [-0.4, -0.2) is 41.5 Å². The number of sulfonamides is 1. The van der Waals surface area contributed by atoms with E-state index in [1.807, 2.05) is 24.3 Å². The Morgan fingerprint density at radius 1 is 1.03 bits per heavy atom. The SMILES string of the molecule is CCc1ccc(NC(=O)Cn2nc(-c3ccc(C)c(S(=O)(=O)N4CCCC4)c3)ccc2=O)cc1. The molecule has 1 fully saturated rings. The maximum atomic E-state index is 13.1. The zero-order chi connectivity index (χ0) is 24.3. The highest BCUT2D eigenvalue weighted by molar-refractivity contribution is 7.89. The first-order valence-corrected chi connectivity index (χ1v) is 12.8. The molecular weight excluding hydrogens is 452 g/mol. The van der Waals surface area contributed by atoms with E-state index in [-0.39, 0.29) is 17.3 Å². The Labute approximate surface area is 199 Å². The zero-order valence-electron chi connectivity index (χ0n) is 19.3. The van der Waals surface area contributed by atoms with Crippen molar-refractivity contribution in [3.63, 3.8) is 0 Å². The monoisotopic (exact) mass is 480 g/mol. The van der Waals surface area contributed by atoms with E-state index < -0.39 is 15.6 Å². The van der Waals surface area contributed by atoms with Gasteiger partial charge >= 0.3 is 0 Å². The lowest BCUT2D eigenvalue weighted by atomic mass is 10.1. The smallest absolute Gasteiger partial charge is 0.267 e. The van der Waals surface area contributed by atoms with Gasteiger partial charge in [0.15, 0.2) is 0 Å². The fourth-order valence-corrected chi connectivity index (χ4v) is 5.75. The van der Waals surface area contributed by atoms with Crippen LogP contribution in [0.25, 0.3) is 11.3 Å². The number of benzene rings is 2. The molecule has 2 heterocycles. The number of hydrogen-bond acceptors (Lipinski definition) is 5. The molecule has 1 aromatic heterocycles. The number of anilines is 1. The summed E-state index contributed by atoms with van der Waals surface area (Å²) in [7, 11) is -3.60. The van der Waals surface area contributed by atoms with Gasteiger partial charge in [-0.05, 0) is 61.6 Å². The predicted octanol–water partition coefficient (Wildman–Crippen LogP) is 3.20. The minimum Gasteiger partial charge on any atom is -0.324 e. The summed E-state index contributed by atoms with van der Waals surface area (Å²) in [5.74, 6) is -0.378. The molecule has 34 heavy (non-hydrogen) atoms. The first-order chi connectivity index (χ1) is 16.3. The second kappa shape index (κ2) is 9.90. The minimum atomic E-state index is -3.60. The van der Waals surface area contributed by atoms with Crippen LogP contribution in [0.2, 0.25) is 0 Å². The lowest BCUT2D eigenvalue weighted by Crippen LogP contribution is -2.29. The van der Waals surface area contributed by atoms with E-state index in [4.69, 9.17) is 0 Å². The van der Waals surface area contributed by atoms with Gasteiger partial charge in [-0.1, -0.05) is 31.2 Å². The molecule has 178 valence electrons. The molecule has 1 aliphatic rings. The normalized spacial score (nSPS) is 14.3. The largest absolute Gasteiger partial charge is 0.324 e. The van der Waals surface area contributed by atoms with Gasteiger partial charge in [0.1, 0.15) is 6.54 Å². The van der Waals surface area contributed by atoms with Gasteiger partial charge in [-0.25, -0.2) is 13.1 Å². The van der Waals surface area contributed by atoms with Crippen LogP contribution in [0.5, 0.6) is 0 Å². The number of rotatable bonds is 7. The molecule has 1 N–H and O–H groups in total. The van der Waals surface area contributed by atoms with Crippen molar-refractivity contribution in [1.29, 1.82) is 0 Å². The molecule has 0 bridgehead atoms. The van der Waals surface area contributed by atoms with Crippen molar-refractivity contribution in [2.45, 2.75) is 44.6 Å². The first-order valence-electron chi connectivity index (χ1n) is 11.4. The number of aryl methyl sites for hydroxylation is 2. The Bertz CT molecular complexity index is 1360. The average molecular weight is 481 g/mol. The number of amides is 1. The van der Waals surface area contributed by atoms with Gasteiger partial charge in [0, 0.05) is 30.4 Å². The minimum absolute atomic E-state index is 0.236. The summed E-state index contributed by atoms with van der Waals surface area (Å²) < 4.78 is 28.8. The van der Waals surface area contributed by atoms with Crippen LogP contribution in [0.4, 0.5) is 5.69 Å². The van der Waals surface area contributed by atoms with Gasteiger partial charge in [-0.15, -0.1) is 0 Å². The molecule has 8 nitrogen and oxygen atoms in total. The van der Waals surface area contributed by atoms with Gasteiger partial charge in [-0.2, -0.15) is 9.40 Å². The Hall–Kier alpha value is -3.30. The number of carbonyl (C=O) groups excluding carboxylic acids is 1. The van der Waals surface area contributed by atoms with Crippen molar-refractivity contribution in [3.8, 4) is 11.3 Å². The third kappa shape index (κ3) is 5.10. The summed E-state index contributed by atoms with van der Waals surface area (Å²) in [5.41, 5.74) is 3.01. The highest BCUT2D eigenvalue weighted by Crippen LogP contribution is 2.27. The summed E-state index contributed by atoms with van der Waals surface area (Å²) in [5, 5.41) is 7.11. The van der Waals surface area contributed by atoms with Crippen LogP contribution in [0.1, 0.15) is 30.9 Å². The summed E-state index contributed by atoms with van der Waals surface area (Å²) in [6.07, 6.45) is 2.62. The second-order valence-corrected chi connectivity index (χ2v) is 10.3. The highest BCUT2D eigenvalue weighted by atomic mass is 32.2. The third-order valence-electron chi connectivity index (χ3n) is 5.97. The number of nitrogens with one attached hydrogen (secondary N) is 1. The summed E-state index contributed by atoms with van der Waals surface area (Å²) >= 11 is 0. The third-order valence-corrected chi connectivity index (χ3v) is 8.01. The quantitative estimate of drug-likeness (QED) is 0.560. The number of aromatic nitrogens is 2. The van der Waals surface area contributed by atoms with Crippen LogP contribution in [0.15, 0.2) is 64.3 Å². The van der Waals surface area contributed by atoms with E-state index in [2.05, 4.69) is 17.3 Å². The summed E-state index contributed by atoms with van der Waals surface area (Å²) in [4.78, 5) is 25.1. The van der Waals surface area contributed by atoms with Crippen LogP contribution in [-0.2, 0) is 27.8 Å². The molecule has 1 aliphatic heterocycles. The lowest BCUT2D eigenvalue weighted by Gasteiger charge is -2.18. The van der Waals surface area contributed by atoms with Crippen molar-refractivity contribution in [1.82, 2.24) is 14.1 Å². The van der Waals surface area contributed by atoms with Crippen molar-refractivity contribution >= 4 is 21.6 Å². The van der Waals surface area contributed by atoms with E-state index >= 15 is 0 Å². The van der Waals surface area contributed by atoms with Crippen molar-refractivity contribution in [2.24, 2.45) is 0 Å². The molecule has 3 aromatic rings. The van der Waals surface area contributed by atoms with Gasteiger partial charge < -0.3 is 5.32 Å². The highest BCUT2D eigenvalue weighted by Gasteiger charge is 2.28. The maximum Gasteiger partial charge on any atom is 0.267 e. The van der Waals surface area contributed by atoms with E-state index in [9.17, 15) is 18.0 Å². The topological polar surface area (TPSA) is 101 Å². The van der Waals surface area contributed by atoms with Crippen LogP contribution in [0, 0.1) is 6.92 Å². The van der Waals surface area contributed by atoms with E-state index in [1.54, 1.807) is 25.1 Å². The Balaban J connectivity index is 1.58. The average Bonchev–Trinajstić information content (AvgIpc) is 3.37. The standard InChI is InChI=1S/C25H28N4O4S/c1-3-19-7-10-21(11-8-19)26-24(30)17-29-25(31)13-12-22(27-29)20-9-6-18(2)23(16-20)34(32,33)28-14-4-5-15-28/h6-13,16H,3-5,14-15,17H2,1-2H3,(H,26,30). The fraction of sp³-hybridized carbons (Fsp3) is 0.320. The Morgan fingerprint density at radius 2 is 1.74 bits per heavy atom. The molecule has 1 amide bonds. The van der Waals surface area contributed by atoms with E-state index in [0.29, 0.717) is 35.6 Å². The van der Waals surface area contributed by atoms with Gasteiger partial charge in [0.25, 0.3) is 5.56 Å². The molecule has 1 saturated heterocycles. The first kappa shape index (κ1) is 23.8. The lowest BCUT2D eigenvalue weighted by molar-refractivity contribution is -0.117. The molecule has 2 aromatic carbocycles. The Morgan fingerprint density at radius 3 is 2.41 bits per heavy atom. The molecule has 0 aliphatic carbocycles. The zero-order valence-corrected chi connectivity index (χ0v) is 20.1. The maximum absolute atomic E-state index is 13.1. The van der Waals surface area contributed by atoms with Gasteiger partial charge in [0.2, 0.25) is 15.9 Å². The number of carbonyl (C=O) groups is 1. The molecular formula is C25H28N4O4S. The Kier molecular flexibility index (Phi) is 6.95. The van der Waals surface area contributed by atoms with Crippen molar-refractivity contribution < 1.29 is 13.2 Å². The summed E-state index contributed by atoms with van der Waals surface area (Å²) in [6.45, 7) is 4.60. The molecule has 0 spiro atoms. The van der Waals surface area contributed by atoms with E-state index in [0.717, 1.165) is 29.5 Å². The van der Waals surface area contributed by atoms with Crippen LogP contribution >= 0.6 is 0 Å². The molecule has 9 heteroatoms. The molecule has 4 rings (SSSR count). The fourth-order valence-electron chi connectivity index (χ4n) is 3.98. The number of hydrogen-bond donors (Lipinski definition) is 1. The molecule has 0 radical (unpaired) electrons. The van der Waals surface area contributed by atoms with Crippen molar-refractivity contribution in [3.05, 3.63) is 76.1 Å². The van der Waals surface area contributed by atoms with Crippen LogP contribution < -0.4 is 10.9 Å². The van der Waals surface area contributed by atoms with Gasteiger partial charge in [0.05, 0.1) is 10.6 Å². The predicted molar refractivity (Wildman–Crippen MR) is 131 cm³/mol. The summed E-state index contributed by atoms with van der Waals surface area (Å²) in [6, 6.07) is 15.5. The number of nitrogens with zero attached hydrogens (tertiary/aromatic N) is 3. The second-order valence-electron chi connectivity index (χ2n) is 8.40. The van der Waals surface area contributed by atoms with E-state index in [1.165, 1.54) is 16.4 Å². The molecule has 0 saturated carbocycles.